The van der Waals surface area contributed by atoms with Gasteiger partial charge in [0.15, 0.2) is 0 Å². The molecule has 1 rings (SSSR count). The third kappa shape index (κ3) is 6.88. The van der Waals surface area contributed by atoms with Crippen molar-refractivity contribution in [2.75, 3.05) is 39.5 Å². The minimum absolute atomic E-state index is 0.747. The second-order valence-corrected chi connectivity index (χ2v) is 4.23. The molecule has 0 amide bonds. The molecule has 0 unspecified atom stereocenters. The highest BCUT2D eigenvalue weighted by Gasteiger charge is 2.11. The Morgan fingerprint density at radius 3 is 2.60 bits per heavy atom. The maximum atomic E-state index is 5.53. The number of nitrogens with one attached hydrogen (secondary N) is 1. The van der Waals surface area contributed by atoms with Crippen molar-refractivity contribution in [2.45, 2.75) is 32.6 Å². The van der Waals surface area contributed by atoms with Crippen molar-refractivity contribution in [2.24, 2.45) is 5.92 Å². The van der Waals surface area contributed by atoms with Crippen LogP contribution in [0.2, 0.25) is 0 Å². The first-order valence-corrected chi connectivity index (χ1v) is 6.29. The van der Waals surface area contributed by atoms with Crippen LogP contribution in [0.4, 0.5) is 0 Å². The summed E-state index contributed by atoms with van der Waals surface area (Å²) in [7, 11) is 0. The van der Waals surface area contributed by atoms with Gasteiger partial charge in [0.05, 0.1) is 13.2 Å². The quantitative estimate of drug-likeness (QED) is 0.627. The number of ether oxygens (including phenoxy) is 2. The second kappa shape index (κ2) is 9.13. The molecule has 1 aliphatic rings. The molecule has 0 aromatic carbocycles. The summed E-state index contributed by atoms with van der Waals surface area (Å²) in [6.45, 7) is 7.74. The van der Waals surface area contributed by atoms with Crippen molar-refractivity contribution in [3.05, 3.63) is 0 Å². The molecular weight excluding hydrogens is 190 g/mol. The molecule has 3 heteroatoms. The predicted octanol–water partition coefficient (Wildman–Crippen LogP) is 1.82. The van der Waals surface area contributed by atoms with E-state index in [1.54, 1.807) is 0 Å². The van der Waals surface area contributed by atoms with E-state index in [0.717, 1.165) is 38.8 Å². The Morgan fingerprint density at radius 2 is 1.93 bits per heavy atom. The topological polar surface area (TPSA) is 30.5 Å². The van der Waals surface area contributed by atoms with E-state index in [2.05, 4.69) is 12.2 Å². The molecule has 15 heavy (non-hydrogen) atoms. The predicted molar refractivity (Wildman–Crippen MR) is 62.1 cm³/mol. The number of rotatable bonds is 8. The van der Waals surface area contributed by atoms with Gasteiger partial charge in [-0.15, -0.1) is 0 Å². The highest BCUT2D eigenvalue weighted by atomic mass is 16.5. The van der Waals surface area contributed by atoms with E-state index < -0.39 is 0 Å². The molecule has 0 spiro atoms. The molecule has 1 fully saturated rings. The molecule has 0 aromatic rings. The molecule has 0 radical (unpaired) electrons. The van der Waals surface area contributed by atoms with Crippen molar-refractivity contribution in [1.82, 2.24) is 5.32 Å². The average Bonchev–Trinajstić information content (AvgIpc) is 2.29. The standard InChI is InChI=1S/C12H25NO2/c1-2-7-14-9-10-15-8-5-12-4-3-6-13-11-12/h12-13H,2-11H2,1H3/t12-/m0/s1. The summed E-state index contributed by atoms with van der Waals surface area (Å²) in [5, 5.41) is 3.42. The summed E-state index contributed by atoms with van der Waals surface area (Å²) in [6.07, 6.45) is 4.97. The molecular formula is C12H25NO2. The summed E-state index contributed by atoms with van der Waals surface area (Å²) in [4.78, 5) is 0. The van der Waals surface area contributed by atoms with E-state index >= 15 is 0 Å². The minimum atomic E-state index is 0.747. The molecule has 1 heterocycles. The molecule has 90 valence electrons. The van der Waals surface area contributed by atoms with Gasteiger partial charge in [0.25, 0.3) is 0 Å². The van der Waals surface area contributed by atoms with Crippen LogP contribution in [0, 0.1) is 5.92 Å². The van der Waals surface area contributed by atoms with Gasteiger partial charge in [-0.3, -0.25) is 0 Å². The molecule has 1 saturated heterocycles. The first-order chi connectivity index (χ1) is 7.43. The van der Waals surface area contributed by atoms with Crippen molar-refractivity contribution in [3.8, 4) is 0 Å². The molecule has 0 bridgehead atoms. The highest BCUT2D eigenvalue weighted by molar-refractivity contribution is 4.68. The van der Waals surface area contributed by atoms with Crippen LogP contribution in [0.5, 0.6) is 0 Å². The van der Waals surface area contributed by atoms with E-state index in [4.69, 9.17) is 9.47 Å². The van der Waals surface area contributed by atoms with E-state index in [1.807, 2.05) is 0 Å². The Bertz CT molecular complexity index is 136. The van der Waals surface area contributed by atoms with E-state index in [0.29, 0.717) is 0 Å². The largest absolute Gasteiger partial charge is 0.379 e. The normalized spacial score (nSPS) is 21.8. The van der Waals surface area contributed by atoms with Crippen molar-refractivity contribution in [3.63, 3.8) is 0 Å². The lowest BCUT2D eigenvalue weighted by Gasteiger charge is -2.22. The van der Waals surface area contributed by atoms with Crippen LogP contribution in [-0.4, -0.2) is 39.5 Å². The van der Waals surface area contributed by atoms with Crippen LogP contribution in [0.3, 0.4) is 0 Å². The van der Waals surface area contributed by atoms with Crippen LogP contribution in [0.1, 0.15) is 32.6 Å². The summed E-state index contributed by atoms with van der Waals surface area (Å²) < 4.78 is 10.9. The molecule has 1 aliphatic heterocycles. The lowest BCUT2D eigenvalue weighted by molar-refractivity contribution is 0.0420. The van der Waals surface area contributed by atoms with Crippen molar-refractivity contribution < 1.29 is 9.47 Å². The SMILES string of the molecule is CCCOCCOCC[C@@H]1CCCNC1. The van der Waals surface area contributed by atoms with E-state index in [1.165, 1.54) is 32.4 Å². The molecule has 0 aliphatic carbocycles. The molecule has 0 aromatic heterocycles. The smallest absolute Gasteiger partial charge is 0.0700 e. The van der Waals surface area contributed by atoms with Gasteiger partial charge in [-0.1, -0.05) is 6.92 Å². The summed E-state index contributed by atoms with van der Waals surface area (Å²) in [6, 6.07) is 0. The Morgan fingerprint density at radius 1 is 1.13 bits per heavy atom. The minimum Gasteiger partial charge on any atom is -0.379 e. The lowest BCUT2D eigenvalue weighted by Crippen LogP contribution is -2.30. The highest BCUT2D eigenvalue weighted by Crippen LogP contribution is 2.13. The summed E-state index contributed by atoms with van der Waals surface area (Å²) in [5.41, 5.74) is 0. The zero-order valence-electron chi connectivity index (χ0n) is 9.96. The summed E-state index contributed by atoms with van der Waals surface area (Å²) >= 11 is 0. The Hall–Kier alpha value is -0.120. The van der Waals surface area contributed by atoms with Gasteiger partial charge < -0.3 is 14.8 Å². The van der Waals surface area contributed by atoms with Gasteiger partial charge in [-0.2, -0.15) is 0 Å². The average molecular weight is 215 g/mol. The van der Waals surface area contributed by atoms with E-state index in [9.17, 15) is 0 Å². The number of hydrogen-bond acceptors (Lipinski definition) is 3. The van der Waals surface area contributed by atoms with Crippen LogP contribution in [0.15, 0.2) is 0 Å². The van der Waals surface area contributed by atoms with Gasteiger partial charge in [0, 0.05) is 13.2 Å². The fraction of sp³-hybridized carbons (Fsp3) is 1.00. The molecule has 3 nitrogen and oxygen atoms in total. The third-order valence-electron chi connectivity index (χ3n) is 2.79. The van der Waals surface area contributed by atoms with Gasteiger partial charge in [-0.05, 0) is 44.7 Å². The fourth-order valence-electron chi connectivity index (χ4n) is 1.89. The van der Waals surface area contributed by atoms with Gasteiger partial charge in [-0.25, -0.2) is 0 Å². The van der Waals surface area contributed by atoms with E-state index in [-0.39, 0.29) is 0 Å². The zero-order valence-corrected chi connectivity index (χ0v) is 9.96. The number of piperidine rings is 1. The van der Waals surface area contributed by atoms with Crippen molar-refractivity contribution >= 4 is 0 Å². The maximum Gasteiger partial charge on any atom is 0.0700 e. The Balaban J connectivity index is 1.79. The lowest BCUT2D eigenvalue weighted by atomic mass is 9.97. The van der Waals surface area contributed by atoms with Crippen LogP contribution in [-0.2, 0) is 9.47 Å². The Labute approximate surface area is 93.5 Å². The first kappa shape index (κ1) is 12.9. The van der Waals surface area contributed by atoms with Gasteiger partial charge >= 0.3 is 0 Å². The van der Waals surface area contributed by atoms with Crippen LogP contribution >= 0.6 is 0 Å². The molecule has 1 atom stereocenters. The zero-order chi connectivity index (χ0) is 10.8. The van der Waals surface area contributed by atoms with Crippen LogP contribution < -0.4 is 5.32 Å². The van der Waals surface area contributed by atoms with Crippen LogP contribution in [0.25, 0.3) is 0 Å². The Kier molecular flexibility index (Phi) is 7.88. The van der Waals surface area contributed by atoms with Gasteiger partial charge in [0.1, 0.15) is 0 Å². The first-order valence-electron chi connectivity index (χ1n) is 6.29. The maximum absolute atomic E-state index is 5.53. The van der Waals surface area contributed by atoms with Crippen molar-refractivity contribution in [1.29, 1.82) is 0 Å². The second-order valence-electron chi connectivity index (χ2n) is 4.23. The molecule has 1 N–H and O–H groups in total. The molecule has 0 saturated carbocycles. The summed E-state index contributed by atoms with van der Waals surface area (Å²) in [5.74, 6) is 0.829. The number of hydrogen-bond donors (Lipinski definition) is 1. The third-order valence-corrected chi connectivity index (χ3v) is 2.79. The van der Waals surface area contributed by atoms with Gasteiger partial charge in [0.2, 0.25) is 0 Å². The monoisotopic (exact) mass is 215 g/mol. The fourth-order valence-corrected chi connectivity index (χ4v) is 1.89.